The number of carbonyl (C=O) groups excluding carboxylic acids is 1. The van der Waals surface area contributed by atoms with Crippen LogP contribution in [0, 0.1) is 0 Å². The number of Topliss-reactive ketones (excluding diaryl/α,β-unsaturated/α-hetero) is 1. The predicted molar refractivity (Wildman–Crippen MR) is 88.0 cm³/mol. The lowest BCUT2D eigenvalue weighted by Crippen LogP contribution is -2.52. The first-order valence-electron chi connectivity index (χ1n) is 8.10. The SMILES string of the molecule is CCN1CCN(CC(=O)c2ccc(C(C)C)cc2)CC1C. The minimum Gasteiger partial charge on any atom is -0.298 e. The smallest absolute Gasteiger partial charge is 0.176 e. The Morgan fingerprint density at radius 1 is 1.24 bits per heavy atom. The molecule has 116 valence electrons. The zero-order valence-electron chi connectivity index (χ0n) is 13.8. The van der Waals surface area contributed by atoms with Crippen molar-refractivity contribution >= 4 is 5.78 Å². The topological polar surface area (TPSA) is 23.6 Å². The average Bonchev–Trinajstić information content (AvgIpc) is 2.47. The third-order valence-corrected chi connectivity index (χ3v) is 4.52. The molecular formula is C18H28N2O. The normalized spacial score (nSPS) is 20.9. The quantitative estimate of drug-likeness (QED) is 0.778. The summed E-state index contributed by atoms with van der Waals surface area (Å²) in [4.78, 5) is 17.2. The van der Waals surface area contributed by atoms with Crippen LogP contribution in [0.5, 0.6) is 0 Å². The van der Waals surface area contributed by atoms with Crippen molar-refractivity contribution in [1.82, 2.24) is 9.80 Å². The molecule has 3 nitrogen and oxygen atoms in total. The Balaban J connectivity index is 1.92. The number of ketones is 1. The highest BCUT2D eigenvalue weighted by Crippen LogP contribution is 2.16. The standard InChI is InChI=1S/C18H28N2O/c1-5-20-11-10-19(12-15(20)4)13-18(21)17-8-6-16(7-9-17)14(2)3/h6-9,14-15H,5,10-13H2,1-4H3. The number of piperazine rings is 1. The van der Waals surface area contributed by atoms with Crippen molar-refractivity contribution in [2.75, 3.05) is 32.7 Å². The number of benzene rings is 1. The monoisotopic (exact) mass is 288 g/mol. The Hall–Kier alpha value is -1.19. The van der Waals surface area contributed by atoms with Gasteiger partial charge in [-0.3, -0.25) is 14.6 Å². The van der Waals surface area contributed by atoms with Crippen molar-refractivity contribution in [3.05, 3.63) is 35.4 Å². The summed E-state index contributed by atoms with van der Waals surface area (Å²) in [6.45, 7) is 13.5. The number of hydrogen-bond donors (Lipinski definition) is 0. The van der Waals surface area contributed by atoms with Gasteiger partial charge in [0.2, 0.25) is 0 Å². The van der Waals surface area contributed by atoms with Gasteiger partial charge in [0.05, 0.1) is 6.54 Å². The molecule has 0 bridgehead atoms. The molecule has 1 aliphatic rings. The van der Waals surface area contributed by atoms with Crippen molar-refractivity contribution in [2.45, 2.75) is 39.7 Å². The Morgan fingerprint density at radius 2 is 1.90 bits per heavy atom. The van der Waals surface area contributed by atoms with Crippen LogP contribution in [0.3, 0.4) is 0 Å². The van der Waals surface area contributed by atoms with Crippen molar-refractivity contribution in [3.8, 4) is 0 Å². The van der Waals surface area contributed by atoms with Crippen LogP contribution in [0.15, 0.2) is 24.3 Å². The van der Waals surface area contributed by atoms with Gasteiger partial charge in [-0.05, 0) is 24.9 Å². The lowest BCUT2D eigenvalue weighted by molar-refractivity contribution is 0.0723. The Morgan fingerprint density at radius 3 is 2.43 bits per heavy atom. The van der Waals surface area contributed by atoms with E-state index in [9.17, 15) is 4.79 Å². The fourth-order valence-corrected chi connectivity index (χ4v) is 3.03. The van der Waals surface area contributed by atoms with E-state index in [4.69, 9.17) is 0 Å². The number of likely N-dealkylation sites (N-methyl/N-ethyl adjacent to an activating group) is 1. The van der Waals surface area contributed by atoms with E-state index < -0.39 is 0 Å². The van der Waals surface area contributed by atoms with Crippen LogP contribution in [0.1, 0.15) is 49.5 Å². The first-order chi connectivity index (χ1) is 10.0. The molecule has 0 saturated carbocycles. The molecule has 1 unspecified atom stereocenters. The van der Waals surface area contributed by atoms with E-state index in [0.29, 0.717) is 18.5 Å². The second-order valence-corrected chi connectivity index (χ2v) is 6.41. The summed E-state index contributed by atoms with van der Waals surface area (Å²) in [7, 11) is 0. The van der Waals surface area contributed by atoms with Gasteiger partial charge in [-0.25, -0.2) is 0 Å². The lowest BCUT2D eigenvalue weighted by Gasteiger charge is -2.39. The minimum atomic E-state index is 0.238. The molecule has 0 aliphatic carbocycles. The van der Waals surface area contributed by atoms with Crippen LogP contribution in [0.2, 0.25) is 0 Å². The van der Waals surface area contributed by atoms with Crippen LogP contribution in [0.25, 0.3) is 0 Å². The third-order valence-electron chi connectivity index (χ3n) is 4.52. The minimum absolute atomic E-state index is 0.238. The summed E-state index contributed by atoms with van der Waals surface area (Å²) in [6, 6.07) is 8.65. The second-order valence-electron chi connectivity index (χ2n) is 6.41. The van der Waals surface area contributed by atoms with E-state index in [1.807, 2.05) is 12.1 Å². The summed E-state index contributed by atoms with van der Waals surface area (Å²) in [5.74, 6) is 0.750. The largest absolute Gasteiger partial charge is 0.298 e. The van der Waals surface area contributed by atoms with E-state index in [0.717, 1.165) is 31.7 Å². The van der Waals surface area contributed by atoms with Gasteiger partial charge in [0.25, 0.3) is 0 Å². The third kappa shape index (κ3) is 4.14. The van der Waals surface area contributed by atoms with Crippen LogP contribution < -0.4 is 0 Å². The van der Waals surface area contributed by atoms with E-state index in [-0.39, 0.29) is 5.78 Å². The number of nitrogens with zero attached hydrogens (tertiary/aromatic N) is 2. The summed E-state index contributed by atoms with van der Waals surface area (Å²) in [5.41, 5.74) is 2.13. The summed E-state index contributed by atoms with van der Waals surface area (Å²) >= 11 is 0. The molecule has 3 heteroatoms. The molecule has 0 N–H and O–H groups in total. The van der Waals surface area contributed by atoms with Crippen LogP contribution in [-0.2, 0) is 0 Å². The molecule has 1 atom stereocenters. The van der Waals surface area contributed by atoms with E-state index in [1.165, 1.54) is 5.56 Å². The molecule has 0 spiro atoms. The summed E-state index contributed by atoms with van der Waals surface area (Å²) in [5, 5.41) is 0. The zero-order chi connectivity index (χ0) is 15.4. The van der Waals surface area contributed by atoms with Crippen molar-refractivity contribution in [1.29, 1.82) is 0 Å². The first kappa shape index (κ1) is 16.2. The fraction of sp³-hybridized carbons (Fsp3) is 0.611. The summed E-state index contributed by atoms with van der Waals surface area (Å²) in [6.07, 6.45) is 0. The van der Waals surface area contributed by atoms with Crippen LogP contribution >= 0.6 is 0 Å². The zero-order valence-corrected chi connectivity index (χ0v) is 13.8. The number of hydrogen-bond acceptors (Lipinski definition) is 3. The van der Waals surface area contributed by atoms with Gasteiger partial charge in [-0.1, -0.05) is 45.0 Å². The molecule has 21 heavy (non-hydrogen) atoms. The molecule has 2 rings (SSSR count). The Kier molecular flexibility index (Phi) is 5.54. The van der Waals surface area contributed by atoms with Crippen LogP contribution in [-0.4, -0.2) is 54.3 Å². The molecule has 1 aromatic carbocycles. The molecule has 1 aromatic rings. The molecule has 0 aromatic heterocycles. The predicted octanol–water partition coefficient (Wildman–Crippen LogP) is 3.02. The molecule has 0 radical (unpaired) electrons. The fourth-order valence-electron chi connectivity index (χ4n) is 3.03. The van der Waals surface area contributed by atoms with Crippen molar-refractivity contribution in [2.24, 2.45) is 0 Å². The maximum Gasteiger partial charge on any atom is 0.176 e. The summed E-state index contributed by atoms with van der Waals surface area (Å²) < 4.78 is 0. The molecule has 1 saturated heterocycles. The van der Waals surface area contributed by atoms with E-state index >= 15 is 0 Å². The van der Waals surface area contributed by atoms with Crippen LogP contribution in [0.4, 0.5) is 0 Å². The van der Waals surface area contributed by atoms with E-state index in [2.05, 4.69) is 49.6 Å². The highest BCUT2D eigenvalue weighted by molar-refractivity contribution is 5.97. The van der Waals surface area contributed by atoms with Gasteiger partial charge in [0.15, 0.2) is 5.78 Å². The van der Waals surface area contributed by atoms with Gasteiger partial charge >= 0.3 is 0 Å². The van der Waals surface area contributed by atoms with Gasteiger partial charge < -0.3 is 0 Å². The van der Waals surface area contributed by atoms with Gasteiger partial charge in [0, 0.05) is 31.2 Å². The van der Waals surface area contributed by atoms with Crippen molar-refractivity contribution < 1.29 is 4.79 Å². The maximum atomic E-state index is 12.4. The highest BCUT2D eigenvalue weighted by Gasteiger charge is 2.23. The maximum absolute atomic E-state index is 12.4. The molecule has 1 aliphatic heterocycles. The van der Waals surface area contributed by atoms with Crippen molar-refractivity contribution in [3.63, 3.8) is 0 Å². The number of rotatable bonds is 5. The lowest BCUT2D eigenvalue weighted by atomic mass is 10.0. The molecular weight excluding hydrogens is 260 g/mol. The van der Waals surface area contributed by atoms with Gasteiger partial charge in [0.1, 0.15) is 0 Å². The molecule has 0 amide bonds. The van der Waals surface area contributed by atoms with E-state index in [1.54, 1.807) is 0 Å². The second kappa shape index (κ2) is 7.19. The average molecular weight is 288 g/mol. The van der Waals surface area contributed by atoms with Gasteiger partial charge in [-0.2, -0.15) is 0 Å². The molecule has 1 heterocycles. The highest BCUT2D eigenvalue weighted by atomic mass is 16.1. The number of carbonyl (C=O) groups is 1. The van der Waals surface area contributed by atoms with Gasteiger partial charge in [-0.15, -0.1) is 0 Å². The first-order valence-corrected chi connectivity index (χ1v) is 8.10. The Labute approximate surface area is 128 Å². The Bertz CT molecular complexity index is 467. The molecule has 1 fully saturated rings.